The van der Waals surface area contributed by atoms with Gasteiger partial charge in [0.05, 0.1) is 11.2 Å². The van der Waals surface area contributed by atoms with Gasteiger partial charge in [0.1, 0.15) is 0 Å². The van der Waals surface area contributed by atoms with Crippen LogP contribution in [0.5, 0.6) is 0 Å². The van der Waals surface area contributed by atoms with Crippen molar-refractivity contribution in [2.75, 3.05) is 4.90 Å². The van der Waals surface area contributed by atoms with Crippen molar-refractivity contribution in [1.29, 1.82) is 0 Å². The third-order valence-electron chi connectivity index (χ3n) is 12.2. The second-order valence-corrected chi connectivity index (χ2v) is 15.6. The summed E-state index contributed by atoms with van der Waals surface area (Å²) in [4.78, 5) is 7.37. The van der Waals surface area contributed by atoms with Gasteiger partial charge in [0.2, 0.25) is 0 Å². The summed E-state index contributed by atoms with van der Waals surface area (Å²) >= 11 is 0. The highest BCUT2D eigenvalue weighted by Crippen LogP contribution is 2.54. The second kappa shape index (κ2) is 9.83. The first-order valence-corrected chi connectivity index (χ1v) is 18.0. The summed E-state index contributed by atoms with van der Waals surface area (Å²) in [5.41, 5.74) is 15.3. The van der Waals surface area contributed by atoms with Gasteiger partial charge in [-0.2, -0.15) is 0 Å². The molecular formula is C49H36N2. The SMILES string of the molecule is CC1(C)c2ccccc2-c2ccc(N(c3ccc4c(c3)C(C)(C)c3ccccc3-4)c3ccc4ccc5cc6cccnc6c6ccc3c4c56)cc21. The van der Waals surface area contributed by atoms with Gasteiger partial charge in [-0.05, 0) is 109 Å². The molecule has 0 spiro atoms. The average molecular weight is 653 g/mol. The molecule has 8 aromatic carbocycles. The number of hydrogen-bond acceptors (Lipinski definition) is 2. The van der Waals surface area contributed by atoms with E-state index in [0.29, 0.717) is 0 Å². The average Bonchev–Trinajstić information content (AvgIpc) is 3.53. The molecule has 0 aliphatic heterocycles. The summed E-state index contributed by atoms with van der Waals surface area (Å²) in [5, 5.41) is 8.70. The van der Waals surface area contributed by atoms with E-state index < -0.39 is 0 Å². The Morgan fingerprint density at radius 3 is 1.65 bits per heavy atom. The lowest BCUT2D eigenvalue weighted by molar-refractivity contribution is 0.660. The normalized spacial score (nSPS) is 15.0. The summed E-state index contributed by atoms with van der Waals surface area (Å²) in [5.74, 6) is 0. The fourth-order valence-corrected chi connectivity index (χ4v) is 9.69. The molecule has 0 amide bonds. The van der Waals surface area contributed by atoms with Crippen molar-refractivity contribution in [3.63, 3.8) is 0 Å². The highest BCUT2D eigenvalue weighted by molar-refractivity contribution is 6.30. The number of benzene rings is 8. The van der Waals surface area contributed by atoms with E-state index in [2.05, 4.69) is 166 Å². The summed E-state index contributed by atoms with van der Waals surface area (Å²) in [6.45, 7) is 9.48. The van der Waals surface area contributed by atoms with Crippen molar-refractivity contribution in [2.24, 2.45) is 0 Å². The molecule has 0 fully saturated rings. The Labute approximate surface area is 298 Å². The van der Waals surface area contributed by atoms with Crippen LogP contribution < -0.4 is 4.90 Å². The summed E-state index contributed by atoms with van der Waals surface area (Å²) in [7, 11) is 0. The van der Waals surface area contributed by atoms with Gasteiger partial charge in [-0.1, -0.05) is 125 Å². The largest absolute Gasteiger partial charge is 0.310 e. The van der Waals surface area contributed by atoms with E-state index in [4.69, 9.17) is 4.98 Å². The Bertz CT molecular complexity index is 2820. The molecule has 11 rings (SSSR count). The molecule has 2 heteroatoms. The number of fused-ring (bicyclic) bond motifs is 8. The van der Waals surface area contributed by atoms with Crippen molar-refractivity contribution >= 4 is 60.3 Å². The van der Waals surface area contributed by atoms with E-state index in [1.54, 1.807) is 0 Å². The van der Waals surface area contributed by atoms with Crippen LogP contribution in [0.25, 0.3) is 65.5 Å². The van der Waals surface area contributed by atoms with Crippen molar-refractivity contribution < 1.29 is 0 Å². The number of rotatable bonds is 3. The number of nitrogens with zero attached hydrogens (tertiary/aromatic N) is 2. The van der Waals surface area contributed by atoms with Gasteiger partial charge in [0.15, 0.2) is 0 Å². The lowest BCUT2D eigenvalue weighted by Gasteiger charge is -2.31. The standard InChI is InChI=1S/C49H36N2/c1-48(2)40-13-7-5-11-34(40)36-20-18-32(27-42(36)48)51(33-19-21-37-35-12-6-8-14-41(35)49(3,4)43(37)28-33)44-24-17-29-15-16-30-26-31-10-9-25-50-47(31)39-23-22-38(44)45(29)46(30)39/h5-28H,1-4H3. The van der Waals surface area contributed by atoms with Crippen LogP contribution in [-0.4, -0.2) is 4.98 Å². The van der Waals surface area contributed by atoms with E-state index in [0.717, 1.165) is 5.52 Å². The predicted molar refractivity (Wildman–Crippen MR) is 215 cm³/mol. The van der Waals surface area contributed by atoms with Gasteiger partial charge >= 0.3 is 0 Å². The van der Waals surface area contributed by atoms with Crippen LogP contribution in [0.1, 0.15) is 49.9 Å². The molecule has 51 heavy (non-hydrogen) atoms. The number of pyridine rings is 1. The van der Waals surface area contributed by atoms with Gasteiger partial charge in [-0.3, -0.25) is 4.98 Å². The minimum atomic E-state index is -0.105. The second-order valence-electron chi connectivity index (χ2n) is 15.6. The van der Waals surface area contributed by atoms with Crippen LogP contribution in [0, 0.1) is 0 Å². The highest BCUT2D eigenvalue weighted by atomic mass is 15.1. The molecule has 242 valence electrons. The van der Waals surface area contributed by atoms with Gasteiger partial charge in [-0.25, -0.2) is 0 Å². The molecule has 0 atom stereocenters. The zero-order valence-corrected chi connectivity index (χ0v) is 29.3. The molecule has 1 aromatic heterocycles. The summed E-state index contributed by atoms with van der Waals surface area (Å²) in [6, 6.07) is 52.4. The maximum absolute atomic E-state index is 4.86. The fourth-order valence-electron chi connectivity index (χ4n) is 9.69. The predicted octanol–water partition coefficient (Wildman–Crippen LogP) is 13.2. The van der Waals surface area contributed by atoms with Crippen LogP contribution in [0.15, 0.2) is 146 Å². The zero-order valence-electron chi connectivity index (χ0n) is 29.3. The third kappa shape index (κ3) is 3.75. The van der Waals surface area contributed by atoms with Crippen molar-refractivity contribution in [2.45, 2.75) is 38.5 Å². The van der Waals surface area contributed by atoms with Crippen LogP contribution >= 0.6 is 0 Å². The fraction of sp³-hybridized carbons (Fsp3) is 0.122. The molecular weight excluding hydrogens is 617 g/mol. The van der Waals surface area contributed by atoms with Crippen molar-refractivity contribution in [3.8, 4) is 22.3 Å². The Kier molecular flexibility index (Phi) is 5.55. The molecule has 1 heterocycles. The quantitative estimate of drug-likeness (QED) is 0.139. The molecule has 2 nitrogen and oxygen atoms in total. The molecule has 0 radical (unpaired) electrons. The highest BCUT2D eigenvalue weighted by Gasteiger charge is 2.38. The first-order chi connectivity index (χ1) is 24.8. The minimum absolute atomic E-state index is 0.105. The zero-order chi connectivity index (χ0) is 34.2. The molecule has 2 aliphatic rings. The molecule has 0 bridgehead atoms. The van der Waals surface area contributed by atoms with E-state index >= 15 is 0 Å². The van der Waals surface area contributed by atoms with Gasteiger partial charge < -0.3 is 4.90 Å². The smallest absolute Gasteiger partial charge is 0.0780 e. The Morgan fingerprint density at radius 2 is 0.980 bits per heavy atom. The minimum Gasteiger partial charge on any atom is -0.310 e. The lowest BCUT2D eigenvalue weighted by atomic mass is 9.82. The number of aromatic nitrogens is 1. The number of anilines is 3. The lowest BCUT2D eigenvalue weighted by Crippen LogP contribution is -2.18. The first-order valence-electron chi connectivity index (χ1n) is 18.0. The van der Waals surface area contributed by atoms with Crippen LogP contribution in [-0.2, 0) is 10.8 Å². The van der Waals surface area contributed by atoms with Crippen LogP contribution in [0.2, 0.25) is 0 Å². The van der Waals surface area contributed by atoms with Gasteiger partial charge in [0.25, 0.3) is 0 Å². The molecule has 2 aliphatic carbocycles. The molecule has 0 saturated carbocycles. The van der Waals surface area contributed by atoms with Gasteiger partial charge in [-0.15, -0.1) is 0 Å². The van der Waals surface area contributed by atoms with E-state index in [-0.39, 0.29) is 10.8 Å². The van der Waals surface area contributed by atoms with Crippen LogP contribution in [0.4, 0.5) is 17.1 Å². The van der Waals surface area contributed by atoms with Crippen molar-refractivity contribution in [3.05, 3.63) is 168 Å². The maximum atomic E-state index is 4.86. The summed E-state index contributed by atoms with van der Waals surface area (Å²) < 4.78 is 0. The van der Waals surface area contributed by atoms with E-state index in [1.165, 1.54) is 99.3 Å². The Balaban J connectivity index is 1.20. The molecule has 0 saturated heterocycles. The first kappa shape index (κ1) is 28.8. The number of hydrogen-bond donors (Lipinski definition) is 0. The molecule has 0 N–H and O–H groups in total. The molecule has 9 aromatic rings. The Hall–Kier alpha value is -5.99. The van der Waals surface area contributed by atoms with E-state index in [9.17, 15) is 0 Å². The van der Waals surface area contributed by atoms with Crippen molar-refractivity contribution in [1.82, 2.24) is 4.98 Å². The van der Waals surface area contributed by atoms with E-state index in [1.807, 2.05) is 12.3 Å². The maximum Gasteiger partial charge on any atom is 0.0780 e. The van der Waals surface area contributed by atoms with Crippen LogP contribution in [0.3, 0.4) is 0 Å². The monoisotopic (exact) mass is 652 g/mol. The topological polar surface area (TPSA) is 16.1 Å². The van der Waals surface area contributed by atoms with Gasteiger partial charge in [0, 0.05) is 44.6 Å². The Morgan fingerprint density at radius 1 is 0.431 bits per heavy atom. The summed E-state index contributed by atoms with van der Waals surface area (Å²) in [6.07, 6.45) is 1.91. The third-order valence-corrected chi connectivity index (χ3v) is 12.2. The molecule has 0 unspecified atom stereocenters.